The van der Waals surface area contributed by atoms with E-state index in [9.17, 15) is 9.18 Å². The van der Waals surface area contributed by atoms with Crippen molar-refractivity contribution in [1.29, 1.82) is 0 Å². The molecule has 0 N–H and O–H groups in total. The minimum atomic E-state index is -0.899. The third-order valence-corrected chi connectivity index (χ3v) is 5.36. The standard InChI is InChI=1S/C20H37FN2O2/c1-15(2)19(24)23-11-6-16(7-12-23)25-18-8-10-22(14-17(18)21)13-9-20(3,4)5/h15-18H,6-14H2,1-5H3. The SMILES string of the molecule is CC(C)C(=O)N1CCC(OC2CCN(CCC(C)(C)C)CC2F)CC1. The second-order valence-corrected chi connectivity index (χ2v) is 9.27. The Labute approximate surface area is 153 Å². The van der Waals surface area contributed by atoms with Crippen LogP contribution in [0.1, 0.15) is 60.3 Å². The number of hydrogen-bond acceptors (Lipinski definition) is 3. The van der Waals surface area contributed by atoms with Crippen molar-refractivity contribution in [3.63, 3.8) is 0 Å². The fourth-order valence-corrected chi connectivity index (χ4v) is 3.62. The molecule has 0 saturated carbocycles. The van der Waals surface area contributed by atoms with Crippen LogP contribution in [-0.2, 0) is 9.53 Å². The summed E-state index contributed by atoms with van der Waals surface area (Å²) in [6.45, 7) is 14.4. The van der Waals surface area contributed by atoms with Gasteiger partial charge >= 0.3 is 0 Å². The lowest BCUT2D eigenvalue weighted by Gasteiger charge is -2.39. The first kappa shape index (κ1) is 20.6. The van der Waals surface area contributed by atoms with Crippen molar-refractivity contribution in [1.82, 2.24) is 9.80 Å². The van der Waals surface area contributed by atoms with Gasteiger partial charge in [-0.1, -0.05) is 34.6 Å². The van der Waals surface area contributed by atoms with Crippen molar-refractivity contribution in [3.05, 3.63) is 0 Å². The maximum Gasteiger partial charge on any atom is 0.225 e. The molecule has 0 aromatic heterocycles. The van der Waals surface area contributed by atoms with Crippen molar-refractivity contribution < 1.29 is 13.9 Å². The highest BCUT2D eigenvalue weighted by atomic mass is 19.1. The van der Waals surface area contributed by atoms with Gasteiger partial charge in [-0.05, 0) is 37.6 Å². The zero-order chi connectivity index (χ0) is 18.6. The Morgan fingerprint density at radius 3 is 2.32 bits per heavy atom. The van der Waals surface area contributed by atoms with Crippen LogP contribution in [0.5, 0.6) is 0 Å². The summed E-state index contributed by atoms with van der Waals surface area (Å²) in [6, 6.07) is 0. The summed E-state index contributed by atoms with van der Waals surface area (Å²) in [5, 5.41) is 0. The maximum absolute atomic E-state index is 14.6. The third kappa shape index (κ3) is 6.52. The minimum Gasteiger partial charge on any atom is -0.372 e. The number of likely N-dealkylation sites (tertiary alicyclic amines) is 2. The minimum absolute atomic E-state index is 0.0464. The normalized spacial score (nSPS) is 27.1. The monoisotopic (exact) mass is 356 g/mol. The highest BCUT2D eigenvalue weighted by Crippen LogP contribution is 2.25. The van der Waals surface area contributed by atoms with Crippen molar-refractivity contribution in [3.8, 4) is 0 Å². The predicted octanol–water partition coefficient (Wildman–Crippen LogP) is 3.50. The van der Waals surface area contributed by atoms with Gasteiger partial charge in [0.2, 0.25) is 5.91 Å². The van der Waals surface area contributed by atoms with E-state index in [4.69, 9.17) is 4.74 Å². The van der Waals surface area contributed by atoms with Gasteiger partial charge in [0.15, 0.2) is 0 Å². The second kappa shape index (κ2) is 8.81. The van der Waals surface area contributed by atoms with E-state index in [1.165, 1.54) is 0 Å². The molecular formula is C20H37FN2O2. The van der Waals surface area contributed by atoms with Gasteiger partial charge in [0.25, 0.3) is 0 Å². The van der Waals surface area contributed by atoms with E-state index >= 15 is 0 Å². The topological polar surface area (TPSA) is 32.8 Å². The number of ether oxygens (including phenoxy) is 1. The van der Waals surface area contributed by atoms with Crippen LogP contribution in [0.4, 0.5) is 4.39 Å². The largest absolute Gasteiger partial charge is 0.372 e. The molecule has 2 atom stereocenters. The highest BCUT2D eigenvalue weighted by molar-refractivity contribution is 5.78. The van der Waals surface area contributed by atoms with Crippen LogP contribution in [-0.4, -0.2) is 66.8 Å². The van der Waals surface area contributed by atoms with Gasteiger partial charge in [-0.25, -0.2) is 4.39 Å². The number of carbonyl (C=O) groups excluding carboxylic acids is 1. The first-order valence-corrected chi connectivity index (χ1v) is 9.96. The lowest BCUT2D eigenvalue weighted by Crippen LogP contribution is -2.49. The van der Waals surface area contributed by atoms with E-state index in [-0.39, 0.29) is 24.0 Å². The van der Waals surface area contributed by atoms with Crippen LogP contribution in [0.25, 0.3) is 0 Å². The molecule has 5 heteroatoms. The first-order chi connectivity index (χ1) is 11.7. The lowest BCUT2D eigenvalue weighted by atomic mass is 9.91. The van der Waals surface area contributed by atoms with Gasteiger partial charge in [0, 0.05) is 32.1 Å². The second-order valence-electron chi connectivity index (χ2n) is 9.27. The van der Waals surface area contributed by atoms with E-state index in [0.29, 0.717) is 12.0 Å². The Morgan fingerprint density at radius 2 is 1.80 bits per heavy atom. The Morgan fingerprint density at radius 1 is 1.16 bits per heavy atom. The molecule has 146 valence electrons. The summed E-state index contributed by atoms with van der Waals surface area (Å²) in [7, 11) is 0. The number of piperidine rings is 2. The molecule has 0 radical (unpaired) electrons. The molecule has 0 bridgehead atoms. The van der Waals surface area contributed by atoms with E-state index in [2.05, 4.69) is 25.7 Å². The molecule has 2 unspecified atom stereocenters. The van der Waals surface area contributed by atoms with Gasteiger partial charge in [-0.15, -0.1) is 0 Å². The van der Waals surface area contributed by atoms with Gasteiger partial charge in [0.1, 0.15) is 6.17 Å². The average molecular weight is 357 g/mol. The molecule has 2 rings (SSSR count). The molecule has 0 aromatic rings. The third-order valence-electron chi connectivity index (χ3n) is 5.36. The van der Waals surface area contributed by atoms with Crippen molar-refractivity contribution in [2.24, 2.45) is 11.3 Å². The van der Waals surface area contributed by atoms with Crippen LogP contribution >= 0.6 is 0 Å². The number of nitrogens with zero attached hydrogens (tertiary/aromatic N) is 2. The van der Waals surface area contributed by atoms with E-state index in [1.54, 1.807) is 0 Å². The molecule has 2 aliphatic heterocycles. The molecule has 2 aliphatic rings. The van der Waals surface area contributed by atoms with Crippen molar-refractivity contribution in [2.45, 2.75) is 78.7 Å². The smallest absolute Gasteiger partial charge is 0.225 e. The van der Waals surface area contributed by atoms with Crippen molar-refractivity contribution in [2.75, 3.05) is 32.7 Å². The summed E-state index contributed by atoms with van der Waals surface area (Å²) in [4.78, 5) is 16.2. The number of carbonyl (C=O) groups is 1. The molecular weight excluding hydrogens is 319 g/mol. The molecule has 4 nitrogen and oxygen atoms in total. The predicted molar refractivity (Wildman–Crippen MR) is 99.3 cm³/mol. The van der Waals surface area contributed by atoms with E-state index < -0.39 is 6.17 Å². The average Bonchev–Trinajstić information content (AvgIpc) is 2.54. The molecule has 2 heterocycles. The summed E-state index contributed by atoms with van der Waals surface area (Å²) in [6.07, 6.45) is 2.45. The van der Waals surface area contributed by atoms with E-state index in [1.807, 2.05) is 18.7 Å². The summed E-state index contributed by atoms with van der Waals surface area (Å²) < 4.78 is 20.6. The number of hydrogen-bond donors (Lipinski definition) is 0. The van der Waals surface area contributed by atoms with Crippen LogP contribution < -0.4 is 0 Å². The zero-order valence-corrected chi connectivity index (χ0v) is 16.8. The van der Waals surface area contributed by atoms with Crippen LogP contribution in [0.3, 0.4) is 0 Å². The fourth-order valence-electron chi connectivity index (χ4n) is 3.62. The quantitative estimate of drug-likeness (QED) is 0.756. The molecule has 0 aliphatic carbocycles. The maximum atomic E-state index is 14.6. The van der Waals surface area contributed by atoms with E-state index in [0.717, 1.165) is 51.9 Å². The Balaban J connectivity index is 1.71. The Kier molecular flexibility index (Phi) is 7.27. The highest BCUT2D eigenvalue weighted by Gasteiger charge is 2.33. The van der Waals surface area contributed by atoms with Gasteiger partial charge in [-0.2, -0.15) is 0 Å². The number of halogens is 1. The molecule has 25 heavy (non-hydrogen) atoms. The van der Waals surface area contributed by atoms with Gasteiger partial charge < -0.3 is 14.5 Å². The molecule has 0 spiro atoms. The van der Waals surface area contributed by atoms with Crippen LogP contribution in [0.2, 0.25) is 0 Å². The fraction of sp³-hybridized carbons (Fsp3) is 0.950. The van der Waals surface area contributed by atoms with Gasteiger partial charge in [-0.3, -0.25) is 4.79 Å². The zero-order valence-electron chi connectivity index (χ0n) is 16.8. The summed E-state index contributed by atoms with van der Waals surface area (Å²) in [5.41, 5.74) is 0.292. The molecule has 0 aromatic carbocycles. The van der Waals surface area contributed by atoms with Crippen molar-refractivity contribution >= 4 is 5.91 Å². The first-order valence-electron chi connectivity index (χ1n) is 9.96. The molecule has 2 saturated heterocycles. The van der Waals surface area contributed by atoms with Crippen LogP contribution in [0, 0.1) is 11.3 Å². The number of rotatable bonds is 5. The summed E-state index contributed by atoms with van der Waals surface area (Å²) in [5.74, 6) is 0.263. The summed E-state index contributed by atoms with van der Waals surface area (Å²) >= 11 is 0. The molecule has 1 amide bonds. The van der Waals surface area contributed by atoms with Crippen LogP contribution in [0.15, 0.2) is 0 Å². The number of alkyl halides is 1. The molecule has 2 fully saturated rings. The number of amides is 1. The Bertz CT molecular complexity index is 428. The Hall–Kier alpha value is -0.680. The van der Waals surface area contributed by atoms with Gasteiger partial charge in [0.05, 0.1) is 12.2 Å². The lowest BCUT2D eigenvalue weighted by molar-refractivity contribution is -0.140.